The summed E-state index contributed by atoms with van der Waals surface area (Å²) in [5.74, 6) is 0. The number of hydrogen-bond donors (Lipinski definition) is 3. The first-order valence-electron chi connectivity index (χ1n) is 7.63. The van der Waals surface area contributed by atoms with Gasteiger partial charge in [-0.3, -0.25) is 0 Å². The first-order valence-corrected chi connectivity index (χ1v) is 7.63. The molecule has 0 unspecified atom stereocenters. The fraction of sp³-hybridized carbons (Fsp3) is 0.333. The Morgan fingerprint density at radius 3 is 1.38 bits per heavy atom. The number of nitrogens with two attached hydrogens (primary N) is 2. The standard InChI is InChI=1S/C18H25N3/c19-17-9-5-15(6-10-17)3-1-13-21-14-2-4-16-7-11-18(20)12-8-16/h5-12,21H,1-4,13-14,19-20H2. The molecule has 0 saturated carbocycles. The van der Waals surface area contributed by atoms with Crippen molar-refractivity contribution < 1.29 is 0 Å². The average molecular weight is 283 g/mol. The van der Waals surface area contributed by atoms with Crippen LogP contribution in [0.5, 0.6) is 0 Å². The third kappa shape index (κ3) is 5.88. The molecule has 5 N–H and O–H groups in total. The number of nitrogen functional groups attached to an aromatic ring is 2. The van der Waals surface area contributed by atoms with E-state index in [1.165, 1.54) is 11.1 Å². The lowest BCUT2D eigenvalue weighted by atomic mass is 10.1. The number of hydrogen-bond acceptors (Lipinski definition) is 3. The largest absolute Gasteiger partial charge is 0.399 e. The fourth-order valence-corrected chi connectivity index (χ4v) is 2.33. The van der Waals surface area contributed by atoms with Crippen molar-refractivity contribution >= 4 is 11.4 Å². The normalized spacial score (nSPS) is 10.7. The smallest absolute Gasteiger partial charge is 0.0314 e. The van der Waals surface area contributed by atoms with Crippen LogP contribution in [-0.4, -0.2) is 13.1 Å². The second-order valence-corrected chi connectivity index (χ2v) is 5.44. The Kier molecular flexibility index (Phi) is 6.10. The lowest BCUT2D eigenvalue weighted by molar-refractivity contribution is 0.622. The Balaban J connectivity index is 1.52. The highest BCUT2D eigenvalue weighted by atomic mass is 14.8. The van der Waals surface area contributed by atoms with E-state index in [0.29, 0.717) is 0 Å². The van der Waals surface area contributed by atoms with Gasteiger partial charge in [-0.05, 0) is 74.2 Å². The van der Waals surface area contributed by atoms with E-state index in [4.69, 9.17) is 11.5 Å². The molecule has 3 heteroatoms. The quantitative estimate of drug-likeness (QED) is 0.515. The molecular formula is C18H25N3. The van der Waals surface area contributed by atoms with Crippen LogP contribution in [0, 0.1) is 0 Å². The maximum atomic E-state index is 5.67. The van der Waals surface area contributed by atoms with Crippen molar-refractivity contribution in [3.63, 3.8) is 0 Å². The molecule has 3 nitrogen and oxygen atoms in total. The second-order valence-electron chi connectivity index (χ2n) is 5.44. The minimum absolute atomic E-state index is 0.833. The summed E-state index contributed by atoms with van der Waals surface area (Å²) in [5, 5.41) is 3.50. The van der Waals surface area contributed by atoms with Gasteiger partial charge in [-0.1, -0.05) is 24.3 Å². The van der Waals surface area contributed by atoms with Crippen LogP contribution in [0.3, 0.4) is 0 Å². The van der Waals surface area contributed by atoms with Gasteiger partial charge in [0.25, 0.3) is 0 Å². The van der Waals surface area contributed by atoms with Crippen LogP contribution in [0.2, 0.25) is 0 Å². The summed E-state index contributed by atoms with van der Waals surface area (Å²) < 4.78 is 0. The minimum atomic E-state index is 0.833. The van der Waals surface area contributed by atoms with Gasteiger partial charge < -0.3 is 16.8 Å². The average Bonchev–Trinajstić information content (AvgIpc) is 2.50. The zero-order valence-electron chi connectivity index (χ0n) is 12.5. The van der Waals surface area contributed by atoms with Gasteiger partial charge in [0.15, 0.2) is 0 Å². The molecule has 2 aromatic carbocycles. The van der Waals surface area contributed by atoms with E-state index < -0.39 is 0 Å². The summed E-state index contributed by atoms with van der Waals surface area (Å²) in [4.78, 5) is 0. The molecular weight excluding hydrogens is 258 g/mol. The molecule has 2 rings (SSSR count). The highest BCUT2D eigenvalue weighted by Gasteiger charge is 1.95. The van der Waals surface area contributed by atoms with E-state index in [-0.39, 0.29) is 0 Å². The number of aryl methyl sites for hydroxylation is 2. The van der Waals surface area contributed by atoms with Crippen molar-refractivity contribution in [2.24, 2.45) is 0 Å². The van der Waals surface area contributed by atoms with Crippen LogP contribution in [0.1, 0.15) is 24.0 Å². The Hall–Kier alpha value is -2.00. The fourth-order valence-electron chi connectivity index (χ4n) is 2.33. The SMILES string of the molecule is Nc1ccc(CCCNCCCc2ccc(N)cc2)cc1. The Morgan fingerprint density at radius 2 is 1.00 bits per heavy atom. The molecule has 0 amide bonds. The lowest BCUT2D eigenvalue weighted by Gasteiger charge is -2.06. The van der Waals surface area contributed by atoms with Crippen LogP contribution in [-0.2, 0) is 12.8 Å². The number of anilines is 2. The lowest BCUT2D eigenvalue weighted by Crippen LogP contribution is -2.17. The molecule has 0 aliphatic heterocycles. The molecule has 0 aliphatic carbocycles. The highest BCUT2D eigenvalue weighted by Crippen LogP contribution is 2.08. The Morgan fingerprint density at radius 1 is 0.619 bits per heavy atom. The number of nitrogens with one attached hydrogen (secondary N) is 1. The molecule has 0 aliphatic rings. The van der Waals surface area contributed by atoms with Crippen molar-refractivity contribution in [2.75, 3.05) is 24.6 Å². The minimum Gasteiger partial charge on any atom is -0.399 e. The Bertz CT molecular complexity index is 468. The maximum absolute atomic E-state index is 5.67. The molecule has 0 saturated heterocycles. The van der Waals surface area contributed by atoms with Gasteiger partial charge in [0, 0.05) is 11.4 Å². The van der Waals surface area contributed by atoms with E-state index in [9.17, 15) is 0 Å². The number of rotatable bonds is 8. The summed E-state index contributed by atoms with van der Waals surface area (Å²) in [7, 11) is 0. The summed E-state index contributed by atoms with van der Waals surface area (Å²) >= 11 is 0. The van der Waals surface area contributed by atoms with E-state index in [2.05, 4.69) is 29.6 Å². The first kappa shape index (κ1) is 15.4. The first-order chi connectivity index (χ1) is 10.2. The number of benzene rings is 2. The third-order valence-electron chi connectivity index (χ3n) is 3.60. The summed E-state index contributed by atoms with van der Waals surface area (Å²) in [6, 6.07) is 16.3. The molecule has 0 aromatic heterocycles. The maximum Gasteiger partial charge on any atom is 0.0314 e. The zero-order chi connectivity index (χ0) is 14.9. The topological polar surface area (TPSA) is 64.1 Å². The molecule has 2 aromatic rings. The van der Waals surface area contributed by atoms with Crippen molar-refractivity contribution in [1.82, 2.24) is 5.32 Å². The van der Waals surface area contributed by atoms with Crippen LogP contribution in [0.15, 0.2) is 48.5 Å². The summed E-state index contributed by atoms with van der Waals surface area (Å²) in [5.41, 5.74) is 15.7. The van der Waals surface area contributed by atoms with Crippen molar-refractivity contribution in [1.29, 1.82) is 0 Å². The second kappa shape index (κ2) is 8.32. The van der Waals surface area contributed by atoms with E-state index in [1.807, 2.05) is 24.3 Å². The van der Waals surface area contributed by atoms with Gasteiger partial charge in [0.2, 0.25) is 0 Å². The van der Waals surface area contributed by atoms with Gasteiger partial charge in [0.1, 0.15) is 0 Å². The predicted octanol–water partition coefficient (Wildman–Crippen LogP) is 3.01. The van der Waals surface area contributed by atoms with Crippen molar-refractivity contribution in [3.05, 3.63) is 59.7 Å². The van der Waals surface area contributed by atoms with E-state index in [1.54, 1.807) is 0 Å². The van der Waals surface area contributed by atoms with Crippen LogP contribution in [0.25, 0.3) is 0 Å². The molecule has 0 heterocycles. The molecule has 0 atom stereocenters. The zero-order valence-corrected chi connectivity index (χ0v) is 12.5. The molecule has 21 heavy (non-hydrogen) atoms. The van der Waals surface area contributed by atoms with Gasteiger partial charge in [0.05, 0.1) is 0 Å². The molecule has 0 bridgehead atoms. The summed E-state index contributed by atoms with van der Waals surface area (Å²) in [6.45, 7) is 2.12. The molecule has 0 radical (unpaired) electrons. The third-order valence-corrected chi connectivity index (χ3v) is 3.60. The van der Waals surface area contributed by atoms with Crippen LogP contribution in [0.4, 0.5) is 11.4 Å². The van der Waals surface area contributed by atoms with Gasteiger partial charge >= 0.3 is 0 Å². The highest BCUT2D eigenvalue weighted by molar-refractivity contribution is 5.39. The van der Waals surface area contributed by atoms with Crippen LogP contribution >= 0.6 is 0 Å². The Labute approximate surface area is 127 Å². The van der Waals surface area contributed by atoms with Crippen molar-refractivity contribution in [2.45, 2.75) is 25.7 Å². The van der Waals surface area contributed by atoms with Gasteiger partial charge in [-0.25, -0.2) is 0 Å². The summed E-state index contributed by atoms with van der Waals surface area (Å²) in [6.07, 6.45) is 4.52. The molecule has 112 valence electrons. The van der Waals surface area contributed by atoms with E-state index >= 15 is 0 Å². The van der Waals surface area contributed by atoms with E-state index in [0.717, 1.165) is 50.1 Å². The monoisotopic (exact) mass is 283 g/mol. The van der Waals surface area contributed by atoms with Gasteiger partial charge in [-0.2, -0.15) is 0 Å². The van der Waals surface area contributed by atoms with Gasteiger partial charge in [-0.15, -0.1) is 0 Å². The predicted molar refractivity (Wildman–Crippen MR) is 91.2 cm³/mol. The molecule has 0 fully saturated rings. The van der Waals surface area contributed by atoms with Crippen LogP contribution < -0.4 is 16.8 Å². The van der Waals surface area contributed by atoms with Crippen molar-refractivity contribution in [3.8, 4) is 0 Å². The molecule has 0 spiro atoms.